The van der Waals surface area contributed by atoms with Crippen molar-refractivity contribution in [1.29, 1.82) is 0 Å². The molecule has 7 heteroatoms. The molecular formula is C21H31N5OS. The van der Waals surface area contributed by atoms with E-state index in [1.54, 1.807) is 18.4 Å². The first-order chi connectivity index (χ1) is 13.5. The number of aliphatic hydroxyl groups excluding tert-OH is 1. The van der Waals surface area contributed by atoms with Gasteiger partial charge in [0.05, 0.1) is 18.3 Å². The largest absolute Gasteiger partial charge is 0.393 e. The summed E-state index contributed by atoms with van der Waals surface area (Å²) in [6, 6.07) is 8.72. The van der Waals surface area contributed by atoms with Crippen molar-refractivity contribution in [2.24, 2.45) is 4.99 Å². The van der Waals surface area contributed by atoms with Crippen molar-refractivity contribution in [2.45, 2.75) is 52.4 Å². The normalized spacial score (nSPS) is 16.4. The number of hydrogen-bond acceptors (Lipinski definition) is 5. The topological polar surface area (TPSA) is 72.8 Å². The molecule has 1 aliphatic heterocycles. The Kier molecular flexibility index (Phi) is 7.42. The molecule has 0 unspecified atom stereocenters. The van der Waals surface area contributed by atoms with Gasteiger partial charge < -0.3 is 15.7 Å². The van der Waals surface area contributed by atoms with E-state index in [1.807, 2.05) is 6.92 Å². The van der Waals surface area contributed by atoms with Crippen LogP contribution >= 0.6 is 11.3 Å². The summed E-state index contributed by atoms with van der Waals surface area (Å²) in [6.45, 7) is 8.46. The SMILES string of the molecule is CN=C(NCc1ccc(CN2CCC(O)CC2)cc1)NCc1nc(C)c(C)s1. The fourth-order valence-corrected chi connectivity index (χ4v) is 4.15. The monoisotopic (exact) mass is 401 g/mol. The number of guanidine groups is 1. The summed E-state index contributed by atoms with van der Waals surface area (Å²) in [4.78, 5) is 12.5. The molecule has 28 heavy (non-hydrogen) atoms. The number of hydrogen-bond donors (Lipinski definition) is 3. The van der Waals surface area contributed by atoms with Gasteiger partial charge in [-0.3, -0.25) is 9.89 Å². The maximum atomic E-state index is 9.62. The Morgan fingerprint density at radius 1 is 1.14 bits per heavy atom. The zero-order valence-electron chi connectivity index (χ0n) is 17.0. The second kappa shape index (κ2) is 10.0. The van der Waals surface area contributed by atoms with Gasteiger partial charge in [0.2, 0.25) is 0 Å². The van der Waals surface area contributed by atoms with Crippen LogP contribution in [0.4, 0.5) is 0 Å². The van der Waals surface area contributed by atoms with Crippen LogP contribution in [-0.4, -0.2) is 47.2 Å². The summed E-state index contributed by atoms with van der Waals surface area (Å²) >= 11 is 1.72. The lowest BCUT2D eigenvalue weighted by Gasteiger charge is -2.29. The molecule has 3 N–H and O–H groups in total. The van der Waals surface area contributed by atoms with Crippen LogP contribution in [0.3, 0.4) is 0 Å². The van der Waals surface area contributed by atoms with Crippen LogP contribution in [0.2, 0.25) is 0 Å². The second-order valence-electron chi connectivity index (χ2n) is 7.35. The third-order valence-corrected chi connectivity index (χ3v) is 6.22. The van der Waals surface area contributed by atoms with E-state index in [9.17, 15) is 5.11 Å². The molecule has 3 rings (SSSR count). The number of aromatic nitrogens is 1. The van der Waals surface area contributed by atoms with Crippen molar-refractivity contribution in [3.63, 3.8) is 0 Å². The van der Waals surface area contributed by atoms with Gasteiger partial charge in [-0.05, 0) is 37.8 Å². The van der Waals surface area contributed by atoms with Gasteiger partial charge in [-0.25, -0.2) is 4.98 Å². The lowest BCUT2D eigenvalue weighted by molar-refractivity contribution is 0.0792. The Morgan fingerprint density at radius 3 is 2.39 bits per heavy atom. The third-order valence-electron chi connectivity index (χ3n) is 5.15. The number of benzene rings is 1. The zero-order valence-corrected chi connectivity index (χ0v) is 17.9. The molecule has 0 saturated carbocycles. The summed E-state index contributed by atoms with van der Waals surface area (Å²) in [7, 11) is 1.78. The third kappa shape index (κ3) is 6.02. The van der Waals surface area contributed by atoms with E-state index >= 15 is 0 Å². The van der Waals surface area contributed by atoms with Crippen LogP contribution < -0.4 is 10.6 Å². The Hall–Kier alpha value is -1.96. The lowest BCUT2D eigenvalue weighted by atomic mass is 10.1. The molecule has 6 nitrogen and oxygen atoms in total. The summed E-state index contributed by atoms with van der Waals surface area (Å²) in [5, 5.41) is 17.4. The average molecular weight is 402 g/mol. The Morgan fingerprint density at radius 2 is 1.79 bits per heavy atom. The number of aryl methyl sites for hydroxylation is 2. The number of aliphatic imine (C=N–C) groups is 1. The minimum Gasteiger partial charge on any atom is -0.393 e. The van der Waals surface area contributed by atoms with E-state index < -0.39 is 0 Å². The predicted octanol–water partition coefficient (Wildman–Crippen LogP) is 2.58. The molecule has 0 atom stereocenters. The van der Waals surface area contributed by atoms with Crippen LogP contribution in [0.25, 0.3) is 0 Å². The van der Waals surface area contributed by atoms with E-state index in [1.165, 1.54) is 16.0 Å². The molecule has 1 aromatic heterocycles. The van der Waals surface area contributed by atoms with Gasteiger partial charge in [-0.15, -0.1) is 11.3 Å². The highest BCUT2D eigenvalue weighted by molar-refractivity contribution is 7.11. The van der Waals surface area contributed by atoms with Gasteiger partial charge in [-0.1, -0.05) is 24.3 Å². The van der Waals surface area contributed by atoms with Crippen LogP contribution in [0.15, 0.2) is 29.3 Å². The molecule has 0 amide bonds. The standard InChI is InChI=1S/C21H31N5OS/c1-15-16(2)28-20(25-15)13-24-21(22-3)23-12-17-4-6-18(7-5-17)14-26-10-8-19(27)9-11-26/h4-7,19,27H,8-14H2,1-3H3,(H2,22,23,24). The van der Waals surface area contributed by atoms with Crippen molar-refractivity contribution in [1.82, 2.24) is 20.5 Å². The molecule has 2 heterocycles. The van der Waals surface area contributed by atoms with Gasteiger partial charge in [-0.2, -0.15) is 0 Å². The number of aliphatic hydroxyl groups is 1. The van der Waals surface area contributed by atoms with E-state index in [4.69, 9.17) is 0 Å². The molecule has 1 aromatic carbocycles. The lowest BCUT2D eigenvalue weighted by Crippen LogP contribution is -2.36. The van der Waals surface area contributed by atoms with E-state index in [0.717, 1.165) is 55.7 Å². The van der Waals surface area contributed by atoms with E-state index in [0.29, 0.717) is 6.54 Å². The van der Waals surface area contributed by atoms with Gasteiger partial charge in [0, 0.05) is 38.1 Å². The molecule has 1 saturated heterocycles. The first kappa shape index (κ1) is 20.8. The van der Waals surface area contributed by atoms with Crippen LogP contribution in [0, 0.1) is 13.8 Å². The summed E-state index contributed by atoms with van der Waals surface area (Å²) in [5.41, 5.74) is 3.64. The van der Waals surface area contributed by atoms with Crippen molar-refractivity contribution in [3.8, 4) is 0 Å². The number of piperidine rings is 1. The average Bonchev–Trinajstić information content (AvgIpc) is 3.02. The minimum atomic E-state index is -0.114. The molecule has 1 fully saturated rings. The fraction of sp³-hybridized carbons (Fsp3) is 0.524. The molecule has 1 aliphatic rings. The molecule has 0 bridgehead atoms. The van der Waals surface area contributed by atoms with E-state index in [2.05, 4.69) is 56.7 Å². The number of likely N-dealkylation sites (tertiary alicyclic amines) is 1. The zero-order chi connectivity index (χ0) is 19.9. The summed E-state index contributed by atoms with van der Waals surface area (Å²) in [6.07, 6.45) is 1.65. The Bertz CT molecular complexity index is 759. The molecule has 0 spiro atoms. The van der Waals surface area contributed by atoms with Gasteiger partial charge in [0.15, 0.2) is 5.96 Å². The molecular weight excluding hydrogens is 370 g/mol. The van der Waals surface area contributed by atoms with Crippen molar-refractivity contribution >= 4 is 17.3 Å². The van der Waals surface area contributed by atoms with Crippen molar-refractivity contribution in [3.05, 3.63) is 51.0 Å². The second-order valence-corrected chi connectivity index (χ2v) is 8.64. The fourth-order valence-electron chi connectivity index (χ4n) is 3.28. The van der Waals surface area contributed by atoms with Crippen LogP contribution in [0.5, 0.6) is 0 Å². The van der Waals surface area contributed by atoms with E-state index in [-0.39, 0.29) is 6.10 Å². The van der Waals surface area contributed by atoms with Gasteiger partial charge >= 0.3 is 0 Å². The quantitative estimate of drug-likeness (QED) is 0.513. The number of rotatable bonds is 6. The molecule has 0 aliphatic carbocycles. The molecule has 0 radical (unpaired) electrons. The Labute approximate surface area is 171 Å². The summed E-state index contributed by atoms with van der Waals surface area (Å²) in [5.74, 6) is 0.779. The maximum Gasteiger partial charge on any atom is 0.191 e. The highest BCUT2D eigenvalue weighted by atomic mass is 32.1. The van der Waals surface area contributed by atoms with Crippen LogP contribution in [0.1, 0.15) is 39.5 Å². The highest BCUT2D eigenvalue weighted by Gasteiger charge is 2.16. The van der Waals surface area contributed by atoms with Gasteiger partial charge in [0.1, 0.15) is 5.01 Å². The maximum absolute atomic E-state index is 9.62. The van der Waals surface area contributed by atoms with Crippen molar-refractivity contribution < 1.29 is 5.11 Å². The van der Waals surface area contributed by atoms with Gasteiger partial charge in [0.25, 0.3) is 0 Å². The van der Waals surface area contributed by atoms with Crippen molar-refractivity contribution in [2.75, 3.05) is 20.1 Å². The number of nitrogens with one attached hydrogen (secondary N) is 2. The number of nitrogens with zero attached hydrogens (tertiary/aromatic N) is 3. The molecule has 152 valence electrons. The first-order valence-corrected chi connectivity index (χ1v) is 10.7. The smallest absolute Gasteiger partial charge is 0.191 e. The number of thiazole rings is 1. The highest BCUT2D eigenvalue weighted by Crippen LogP contribution is 2.16. The van der Waals surface area contributed by atoms with Crippen LogP contribution in [-0.2, 0) is 19.6 Å². The first-order valence-electron chi connectivity index (χ1n) is 9.89. The molecule has 2 aromatic rings. The summed E-state index contributed by atoms with van der Waals surface area (Å²) < 4.78 is 0. The minimum absolute atomic E-state index is 0.114. The predicted molar refractivity (Wildman–Crippen MR) is 116 cm³/mol. The Balaban J connectivity index is 1.44.